The molecule has 1 aromatic rings. The maximum Gasteiger partial charge on any atom is 0.341 e. The lowest BCUT2D eigenvalue weighted by Gasteiger charge is -2.34. The minimum atomic E-state index is -0.761. The average Bonchev–Trinajstić information content (AvgIpc) is 2.62. The Morgan fingerprint density at radius 1 is 1.30 bits per heavy atom. The van der Waals surface area contributed by atoms with Crippen molar-refractivity contribution in [3.8, 4) is 0 Å². The number of hydrogen-bond donors (Lipinski definition) is 1. The molecule has 0 spiro atoms. The molecule has 0 aliphatic heterocycles. The summed E-state index contributed by atoms with van der Waals surface area (Å²) in [6.45, 7) is 3.88. The van der Waals surface area contributed by atoms with Crippen LogP contribution in [0.3, 0.4) is 0 Å². The van der Waals surface area contributed by atoms with Crippen LogP contribution in [0, 0.1) is 22.0 Å². The van der Waals surface area contributed by atoms with Crippen LogP contribution in [0.15, 0.2) is 18.2 Å². The maximum atomic E-state index is 12.4. The predicted octanol–water partition coefficient (Wildman–Crippen LogP) is 2.76. The van der Waals surface area contributed by atoms with Gasteiger partial charge in [0.1, 0.15) is 0 Å². The highest BCUT2D eigenvalue weighted by atomic mass is 16.6. The van der Waals surface area contributed by atoms with Crippen molar-refractivity contribution in [2.24, 2.45) is 11.8 Å². The first kappa shape index (κ1) is 20.7. The van der Waals surface area contributed by atoms with Gasteiger partial charge >= 0.3 is 5.97 Å². The van der Waals surface area contributed by atoms with Gasteiger partial charge in [0.2, 0.25) is 0 Å². The number of amides is 1. The van der Waals surface area contributed by atoms with Crippen molar-refractivity contribution >= 4 is 23.3 Å². The minimum Gasteiger partial charge on any atom is -0.452 e. The van der Waals surface area contributed by atoms with Crippen LogP contribution in [0.1, 0.15) is 43.5 Å². The van der Waals surface area contributed by atoms with Gasteiger partial charge in [-0.15, -0.1) is 0 Å². The van der Waals surface area contributed by atoms with Crippen LogP contribution >= 0.6 is 0 Å². The number of anilines is 1. The summed E-state index contributed by atoms with van der Waals surface area (Å²) in [6.07, 6.45) is 3.14. The number of nitrogens with one attached hydrogen (secondary N) is 1. The summed E-state index contributed by atoms with van der Waals surface area (Å²) in [7, 11) is 3.44. The van der Waals surface area contributed by atoms with Crippen molar-refractivity contribution in [3.05, 3.63) is 33.9 Å². The molecule has 0 saturated heterocycles. The Morgan fingerprint density at radius 3 is 2.63 bits per heavy atom. The number of nitrogens with zero attached hydrogens (tertiary/aromatic N) is 2. The lowest BCUT2D eigenvalue weighted by Crippen LogP contribution is -2.45. The number of non-ortho nitro benzene ring substituents is 1. The first-order valence-electron chi connectivity index (χ1n) is 9.13. The van der Waals surface area contributed by atoms with Crippen LogP contribution in [0.4, 0.5) is 11.4 Å². The summed E-state index contributed by atoms with van der Waals surface area (Å²) < 4.78 is 5.12. The van der Waals surface area contributed by atoms with E-state index in [-0.39, 0.29) is 23.2 Å². The molecule has 1 N–H and O–H groups in total. The summed E-state index contributed by atoms with van der Waals surface area (Å²) in [5.74, 6) is -0.205. The van der Waals surface area contributed by atoms with Crippen molar-refractivity contribution in [2.75, 3.05) is 25.6 Å². The Balaban J connectivity index is 2.01. The molecule has 8 nitrogen and oxygen atoms in total. The van der Waals surface area contributed by atoms with Crippen LogP contribution in [0.25, 0.3) is 0 Å². The number of benzene rings is 1. The van der Waals surface area contributed by atoms with Crippen molar-refractivity contribution < 1.29 is 19.2 Å². The fourth-order valence-electron chi connectivity index (χ4n) is 3.43. The Bertz CT molecular complexity index is 719. The van der Waals surface area contributed by atoms with E-state index in [1.54, 1.807) is 19.0 Å². The highest BCUT2D eigenvalue weighted by Gasteiger charge is 2.28. The van der Waals surface area contributed by atoms with Gasteiger partial charge in [0.05, 0.1) is 16.2 Å². The molecular formula is C19H27N3O5. The first-order chi connectivity index (χ1) is 12.7. The van der Waals surface area contributed by atoms with Gasteiger partial charge in [0.15, 0.2) is 6.61 Å². The molecule has 1 amide bonds. The second-order valence-electron chi connectivity index (χ2n) is 7.37. The zero-order valence-corrected chi connectivity index (χ0v) is 16.2. The van der Waals surface area contributed by atoms with E-state index in [1.807, 2.05) is 0 Å². The Morgan fingerprint density at radius 2 is 2.00 bits per heavy atom. The van der Waals surface area contributed by atoms with Gasteiger partial charge in [-0.2, -0.15) is 0 Å². The molecule has 27 heavy (non-hydrogen) atoms. The largest absolute Gasteiger partial charge is 0.452 e. The number of nitro benzene ring substituents is 1. The highest BCUT2D eigenvalue weighted by molar-refractivity contribution is 5.97. The number of esters is 1. The van der Waals surface area contributed by atoms with Crippen molar-refractivity contribution in [2.45, 2.75) is 39.2 Å². The monoisotopic (exact) mass is 377 g/mol. The molecule has 1 fully saturated rings. The maximum absolute atomic E-state index is 12.4. The molecule has 1 saturated carbocycles. The van der Waals surface area contributed by atoms with Crippen molar-refractivity contribution in [3.63, 3.8) is 0 Å². The van der Waals surface area contributed by atoms with Crippen LogP contribution in [0.2, 0.25) is 0 Å². The standard InChI is InChI=1S/C19H27N3O5/c1-12-6-5-7-16(13(12)2)20-18(23)11-27-19(24)15-10-14(22(25)26)8-9-17(15)21(3)4/h8-10,12-13,16H,5-7,11H2,1-4H3,(H,20,23)/t12-,13+,16+/m0/s1. The van der Waals surface area contributed by atoms with Crippen molar-refractivity contribution in [1.29, 1.82) is 0 Å². The molecule has 1 aromatic carbocycles. The zero-order chi connectivity index (χ0) is 20.1. The van der Waals surface area contributed by atoms with Gasteiger partial charge in [0, 0.05) is 32.3 Å². The van der Waals surface area contributed by atoms with E-state index >= 15 is 0 Å². The third-order valence-corrected chi connectivity index (χ3v) is 5.28. The quantitative estimate of drug-likeness (QED) is 0.465. The van der Waals surface area contributed by atoms with Crippen molar-refractivity contribution in [1.82, 2.24) is 5.32 Å². The van der Waals surface area contributed by atoms with Gasteiger partial charge in [-0.25, -0.2) is 4.79 Å². The Labute approximate surface area is 159 Å². The summed E-state index contributed by atoms with van der Waals surface area (Å²) in [6, 6.07) is 4.06. The molecule has 8 heteroatoms. The molecule has 2 rings (SSSR count). The second-order valence-corrected chi connectivity index (χ2v) is 7.37. The highest BCUT2D eigenvalue weighted by Crippen LogP contribution is 2.29. The zero-order valence-electron chi connectivity index (χ0n) is 16.2. The lowest BCUT2D eigenvalue weighted by atomic mass is 9.78. The summed E-state index contributed by atoms with van der Waals surface area (Å²) in [5, 5.41) is 13.9. The average molecular weight is 377 g/mol. The topological polar surface area (TPSA) is 102 Å². The van der Waals surface area contributed by atoms with Crippen LogP contribution in [-0.4, -0.2) is 43.5 Å². The van der Waals surface area contributed by atoms with Crippen LogP contribution in [0.5, 0.6) is 0 Å². The van der Waals surface area contributed by atoms with E-state index in [4.69, 9.17) is 4.74 Å². The van der Waals surface area contributed by atoms with E-state index in [9.17, 15) is 19.7 Å². The summed E-state index contributed by atoms with van der Waals surface area (Å²) in [5.41, 5.74) is 0.337. The minimum absolute atomic E-state index is 0.0571. The van der Waals surface area contributed by atoms with Crippen LogP contribution in [-0.2, 0) is 9.53 Å². The van der Waals surface area contributed by atoms with Gasteiger partial charge in [-0.05, 0) is 24.3 Å². The fourth-order valence-corrected chi connectivity index (χ4v) is 3.43. The molecule has 148 valence electrons. The van der Waals surface area contributed by atoms with E-state index < -0.39 is 17.5 Å². The molecule has 1 aliphatic carbocycles. The van der Waals surface area contributed by atoms with E-state index in [1.165, 1.54) is 18.2 Å². The third kappa shape index (κ3) is 5.18. The molecule has 0 bridgehead atoms. The predicted molar refractivity (Wildman–Crippen MR) is 102 cm³/mol. The SMILES string of the molecule is C[C@@H]1[C@@H](C)CCC[C@H]1NC(=O)COC(=O)c1cc([N+](=O)[O-])ccc1N(C)C. The normalized spacial score (nSPS) is 22.0. The van der Waals surface area contributed by atoms with Gasteiger partial charge in [-0.1, -0.05) is 26.7 Å². The molecule has 1 aliphatic rings. The van der Waals surface area contributed by atoms with E-state index in [0.717, 1.165) is 19.3 Å². The van der Waals surface area contributed by atoms with Crippen LogP contribution < -0.4 is 10.2 Å². The molecule has 3 atom stereocenters. The van der Waals surface area contributed by atoms with Gasteiger partial charge in [-0.3, -0.25) is 14.9 Å². The second kappa shape index (κ2) is 8.83. The third-order valence-electron chi connectivity index (χ3n) is 5.28. The summed E-state index contributed by atoms with van der Waals surface area (Å²) >= 11 is 0. The number of rotatable bonds is 6. The number of carbonyl (C=O) groups is 2. The molecule has 0 heterocycles. The molecule has 0 unspecified atom stereocenters. The smallest absolute Gasteiger partial charge is 0.341 e. The lowest BCUT2D eigenvalue weighted by molar-refractivity contribution is -0.384. The van der Waals surface area contributed by atoms with Gasteiger partial charge in [0.25, 0.3) is 11.6 Å². The Hall–Kier alpha value is -2.64. The van der Waals surface area contributed by atoms with E-state index in [2.05, 4.69) is 19.2 Å². The Kier molecular flexibility index (Phi) is 6.76. The molecule has 0 aromatic heterocycles. The number of nitro groups is 1. The first-order valence-corrected chi connectivity index (χ1v) is 9.13. The fraction of sp³-hybridized carbons (Fsp3) is 0.579. The molecule has 0 radical (unpaired) electrons. The number of ether oxygens (including phenoxy) is 1. The number of carbonyl (C=O) groups excluding carboxylic acids is 2. The number of hydrogen-bond acceptors (Lipinski definition) is 6. The van der Waals surface area contributed by atoms with E-state index in [0.29, 0.717) is 17.5 Å². The molecular weight excluding hydrogens is 350 g/mol. The summed E-state index contributed by atoms with van der Waals surface area (Å²) in [4.78, 5) is 36.7. The van der Waals surface area contributed by atoms with Gasteiger partial charge < -0.3 is 15.0 Å².